The number of aromatic hydroxyl groups is 1. The molecule has 1 atom stereocenters. The normalized spacial score (nSPS) is 13.4. The Kier molecular flexibility index (Phi) is 11.4. The molecule has 1 aromatic rings. The van der Waals surface area contributed by atoms with Crippen molar-refractivity contribution in [3.63, 3.8) is 0 Å². The van der Waals surface area contributed by atoms with Crippen molar-refractivity contribution in [1.29, 1.82) is 0 Å². The van der Waals surface area contributed by atoms with Gasteiger partial charge in [0.25, 0.3) is 0 Å². The first-order valence-corrected chi connectivity index (χ1v) is 12.4. The first kappa shape index (κ1) is 27.6. The third-order valence-corrected chi connectivity index (χ3v) is 6.46. The van der Waals surface area contributed by atoms with E-state index in [1.165, 1.54) is 42.0 Å². The number of aliphatic hydroxyl groups is 1. The Labute approximate surface area is 192 Å². The molecule has 0 fully saturated rings. The van der Waals surface area contributed by atoms with Crippen molar-refractivity contribution in [1.82, 2.24) is 0 Å². The molecule has 0 aliphatic carbocycles. The van der Waals surface area contributed by atoms with Crippen LogP contribution in [0.2, 0.25) is 0 Å². The van der Waals surface area contributed by atoms with E-state index >= 15 is 0 Å². The van der Waals surface area contributed by atoms with E-state index in [2.05, 4.69) is 6.08 Å². The number of allylic oxidation sites excluding steroid dienone is 5. The number of ketones is 1. The quantitative estimate of drug-likeness (QED) is 0.319. The molecule has 0 radical (unpaired) electrons. The highest BCUT2D eigenvalue weighted by Gasteiger charge is 2.19. The molecule has 0 bridgehead atoms. The van der Waals surface area contributed by atoms with Gasteiger partial charge < -0.3 is 10.2 Å². The van der Waals surface area contributed by atoms with Crippen molar-refractivity contribution in [2.24, 2.45) is 0 Å². The maximum atomic E-state index is 12.8. The average molecular weight is 461 g/mol. The zero-order chi connectivity index (χ0) is 24.3. The first-order valence-electron chi connectivity index (χ1n) is 10.8. The van der Waals surface area contributed by atoms with Gasteiger partial charge >= 0.3 is 0 Å². The van der Waals surface area contributed by atoms with Crippen LogP contribution in [-0.2, 0) is 14.6 Å². The SMILES string of the molecule is CC(C)=CCC/C(C)=C/C(O)C(=O)/C=C(\CCC=C(C)C)CS(=O)(=O)c1cccc(O)c1. The van der Waals surface area contributed by atoms with Crippen LogP contribution in [0.4, 0.5) is 0 Å². The standard InChI is InChI=1S/C26H36O5S/c1-19(2)9-6-11-21(5)15-25(28)26(29)16-22(12-7-10-20(3)4)18-32(30,31)24-14-8-13-23(27)17-24/h8-10,13-17,25,27-28H,6-7,11-12,18H2,1-5H3/b21-15+,22-16+. The molecule has 0 spiro atoms. The summed E-state index contributed by atoms with van der Waals surface area (Å²) >= 11 is 0. The van der Waals surface area contributed by atoms with E-state index in [9.17, 15) is 23.4 Å². The van der Waals surface area contributed by atoms with Crippen LogP contribution in [0.3, 0.4) is 0 Å². The number of phenolic OH excluding ortho intramolecular Hbond substituents is 1. The summed E-state index contributed by atoms with van der Waals surface area (Å²) in [4.78, 5) is 12.6. The van der Waals surface area contributed by atoms with Gasteiger partial charge in [0.2, 0.25) is 0 Å². The zero-order valence-corrected chi connectivity index (χ0v) is 20.6. The fraction of sp³-hybridized carbons (Fsp3) is 0.423. The topological polar surface area (TPSA) is 91.7 Å². The predicted molar refractivity (Wildman–Crippen MR) is 130 cm³/mol. The van der Waals surface area contributed by atoms with E-state index < -0.39 is 21.7 Å². The molecule has 0 aromatic heterocycles. The van der Waals surface area contributed by atoms with Crippen molar-refractivity contribution in [3.8, 4) is 5.75 Å². The fourth-order valence-corrected chi connectivity index (χ4v) is 4.52. The van der Waals surface area contributed by atoms with Gasteiger partial charge in [0.1, 0.15) is 11.9 Å². The summed E-state index contributed by atoms with van der Waals surface area (Å²) in [6.07, 6.45) is 8.07. The number of hydrogen-bond donors (Lipinski definition) is 2. The van der Waals surface area contributed by atoms with E-state index in [4.69, 9.17) is 0 Å². The van der Waals surface area contributed by atoms with Gasteiger partial charge in [0.05, 0.1) is 10.6 Å². The minimum atomic E-state index is -3.75. The molecule has 0 heterocycles. The molecule has 176 valence electrons. The van der Waals surface area contributed by atoms with Crippen molar-refractivity contribution in [3.05, 3.63) is 70.9 Å². The molecule has 1 unspecified atom stereocenters. The van der Waals surface area contributed by atoms with Crippen molar-refractivity contribution < 1.29 is 23.4 Å². The van der Waals surface area contributed by atoms with Crippen LogP contribution >= 0.6 is 0 Å². The van der Waals surface area contributed by atoms with Crippen molar-refractivity contribution >= 4 is 15.6 Å². The molecule has 0 aliphatic heterocycles. The number of benzene rings is 1. The molecule has 0 amide bonds. The summed E-state index contributed by atoms with van der Waals surface area (Å²) in [6, 6.07) is 5.47. The summed E-state index contributed by atoms with van der Waals surface area (Å²) in [5.74, 6) is -1.03. The minimum absolute atomic E-state index is 0.00590. The fourth-order valence-electron chi connectivity index (χ4n) is 3.05. The number of aliphatic hydroxyl groups excluding tert-OH is 1. The number of carbonyl (C=O) groups excluding carboxylic acids is 1. The monoisotopic (exact) mass is 460 g/mol. The largest absolute Gasteiger partial charge is 0.508 e. The summed E-state index contributed by atoms with van der Waals surface area (Å²) in [5.41, 5.74) is 3.63. The third-order valence-electron chi connectivity index (χ3n) is 4.74. The lowest BCUT2D eigenvalue weighted by Gasteiger charge is -2.10. The molecule has 1 rings (SSSR count). The van der Waals surface area contributed by atoms with Crippen LogP contribution in [0, 0.1) is 0 Å². The second-order valence-corrected chi connectivity index (χ2v) is 10.5. The van der Waals surface area contributed by atoms with Gasteiger partial charge in [-0.3, -0.25) is 4.79 Å². The summed E-state index contributed by atoms with van der Waals surface area (Å²) < 4.78 is 25.7. The van der Waals surface area contributed by atoms with Crippen LogP contribution in [0.25, 0.3) is 0 Å². The lowest BCUT2D eigenvalue weighted by molar-refractivity contribution is -0.120. The molecule has 6 heteroatoms. The predicted octanol–water partition coefficient (Wildman–Crippen LogP) is 5.46. The van der Waals surface area contributed by atoms with Gasteiger partial charge in [-0.2, -0.15) is 0 Å². The van der Waals surface area contributed by atoms with Crippen LogP contribution < -0.4 is 0 Å². The summed E-state index contributed by atoms with van der Waals surface area (Å²) in [6.45, 7) is 9.80. The number of carbonyl (C=O) groups is 1. The number of hydrogen-bond acceptors (Lipinski definition) is 5. The Bertz CT molecular complexity index is 1000. The van der Waals surface area contributed by atoms with Gasteiger partial charge in [-0.15, -0.1) is 0 Å². The lowest BCUT2D eigenvalue weighted by atomic mass is 10.0. The highest BCUT2D eigenvalue weighted by molar-refractivity contribution is 7.91. The molecule has 1 aromatic carbocycles. The molecular weight excluding hydrogens is 424 g/mol. The Hall–Kier alpha value is -2.44. The van der Waals surface area contributed by atoms with E-state index in [-0.39, 0.29) is 16.4 Å². The maximum absolute atomic E-state index is 12.8. The van der Waals surface area contributed by atoms with Crippen molar-refractivity contribution in [2.75, 3.05) is 5.75 Å². The highest BCUT2D eigenvalue weighted by Crippen LogP contribution is 2.21. The highest BCUT2D eigenvalue weighted by atomic mass is 32.2. The van der Waals surface area contributed by atoms with Crippen LogP contribution in [0.1, 0.15) is 60.3 Å². The van der Waals surface area contributed by atoms with Crippen molar-refractivity contribution in [2.45, 2.75) is 71.3 Å². The Morgan fingerprint density at radius 1 is 1.00 bits per heavy atom. The number of rotatable bonds is 12. The van der Waals surface area contributed by atoms with E-state index in [0.717, 1.165) is 24.0 Å². The smallest absolute Gasteiger partial charge is 0.188 e. The first-order chi connectivity index (χ1) is 14.9. The number of phenols is 1. The lowest BCUT2D eigenvalue weighted by Crippen LogP contribution is -2.18. The molecule has 5 nitrogen and oxygen atoms in total. The van der Waals surface area contributed by atoms with Crippen LogP contribution in [0.5, 0.6) is 5.75 Å². The van der Waals surface area contributed by atoms with E-state index in [1.54, 1.807) is 0 Å². The van der Waals surface area contributed by atoms with Gasteiger partial charge in [0.15, 0.2) is 15.6 Å². The molecule has 32 heavy (non-hydrogen) atoms. The molecule has 0 saturated carbocycles. The third kappa shape index (κ3) is 10.7. The van der Waals surface area contributed by atoms with Gasteiger partial charge in [0, 0.05) is 0 Å². The molecule has 2 N–H and O–H groups in total. The number of sulfone groups is 1. The summed E-state index contributed by atoms with van der Waals surface area (Å²) in [7, 11) is -3.75. The zero-order valence-electron chi connectivity index (χ0n) is 19.8. The average Bonchev–Trinajstić information content (AvgIpc) is 2.66. The second kappa shape index (κ2) is 13.2. The Morgan fingerprint density at radius 2 is 1.59 bits per heavy atom. The van der Waals surface area contributed by atoms with Gasteiger partial charge in [-0.25, -0.2) is 8.42 Å². The molecule has 0 saturated heterocycles. The minimum Gasteiger partial charge on any atom is -0.508 e. The second-order valence-electron chi connectivity index (χ2n) is 8.56. The van der Waals surface area contributed by atoms with Crippen LogP contribution in [-0.4, -0.2) is 36.3 Å². The maximum Gasteiger partial charge on any atom is 0.188 e. The summed E-state index contributed by atoms with van der Waals surface area (Å²) in [5, 5.41) is 20.0. The van der Waals surface area contributed by atoms with E-state index in [1.807, 2.05) is 40.7 Å². The Morgan fingerprint density at radius 3 is 2.16 bits per heavy atom. The van der Waals surface area contributed by atoms with Gasteiger partial charge in [-0.05, 0) is 90.7 Å². The van der Waals surface area contributed by atoms with E-state index in [0.29, 0.717) is 18.4 Å². The van der Waals surface area contributed by atoms with Gasteiger partial charge in [-0.1, -0.05) is 40.5 Å². The Balaban J connectivity index is 3.06. The molecular formula is C26H36O5S. The van der Waals surface area contributed by atoms with Crippen LogP contribution in [0.15, 0.2) is 75.8 Å². The molecule has 0 aliphatic rings.